The Bertz CT molecular complexity index is 1410. The molecule has 2 N–H and O–H groups in total. The number of benzene rings is 2. The van der Waals surface area contributed by atoms with Crippen LogP contribution in [0.3, 0.4) is 0 Å². The van der Waals surface area contributed by atoms with Gasteiger partial charge in [0.15, 0.2) is 0 Å². The molecule has 2 aromatic carbocycles. The van der Waals surface area contributed by atoms with Gasteiger partial charge in [-0.1, -0.05) is 56.0 Å². The Morgan fingerprint density at radius 2 is 1.76 bits per heavy atom. The lowest BCUT2D eigenvalue weighted by Gasteiger charge is -2.11. The van der Waals surface area contributed by atoms with Crippen LogP contribution in [0.2, 0.25) is 0 Å². The summed E-state index contributed by atoms with van der Waals surface area (Å²) in [6.45, 7) is 0.576. The van der Waals surface area contributed by atoms with E-state index in [1.54, 1.807) is 18.9 Å². The molecule has 0 aliphatic heterocycles. The average molecular weight is 588 g/mol. The molecule has 4 rings (SSSR count). The molecular weight excluding hydrogens is 550 g/mol. The van der Waals surface area contributed by atoms with Gasteiger partial charge >= 0.3 is 5.97 Å². The second kappa shape index (κ2) is 16.9. The number of carboxylic acids is 1. The van der Waals surface area contributed by atoms with Crippen LogP contribution in [-0.2, 0) is 22.7 Å². The molecule has 0 fully saturated rings. The second-order valence-electron chi connectivity index (χ2n) is 9.85. The Kier molecular flexibility index (Phi) is 12.4. The quantitative estimate of drug-likeness (QED) is 0.0959. The average Bonchev–Trinajstić information content (AvgIpc) is 3.56. The van der Waals surface area contributed by atoms with Crippen LogP contribution < -0.4 is 9.47 Å². The number of aromatic amines is 1. The summed E-state index contributed by atoms with van der Waals surface area (Å²) in [5, 5.41) is 23.3. The van der Waals surface area contributed by atoms with E-state index < -0.39 is 5.97 Å². The Balaban J connectivity index is 1.18. The van der Waals surface area contributed by atoms with Gasteiger partial charge in [0.25, 0.3) is 0 Å². The number of aryl methyl sites for hydroxylation is 1. The number of tetrazole rings is 1. The molecule has 0 unspecified atom stereocenters. The highest BCUT2D eigenvalue weighted by Crippen LogP contribution is 2.24. The predicted molar refractivity (Wildman–Crippen MR) is 165 cm³/mol. The summed E-state index contributed by atoms with van der Waals surface area (Å²) in [6.07, 6.45) is 10.5. The van der Waals surface area contributed by atoms with Crippen LogP contribution in [0.25, 0.3) is 17.5 Å². The molecule has 2 heterocycles. The molecule has 10 heteroatoms. The number of nitrogens with one attached hydrogen (secondary N) is 1. The van der Waals surface area contributed by atoms with Crippen LogP contribution in [0, 0.1) is 0 Å². The summed E-state index contributed by atoms with van der Waals surface area (Å²) in [7, 11) is 1.69. The van der Waals surface area contributed by atoms with Crippen molar-refractivity contribution >= 4 is 23.8 Å². The Hall–Kier alpha value is -4.18. The highest BCUT2D eigenvalue weighted by atomic mass is 32.2. The molecule has 4 aromatic rings. The largest absolute Gasteiger partial charge is 0.497 e. The van der Waals surface area contributed by atoms with Gasteiger partial charge in [0, 0.05) is 23.1 Å². The molecule has 0 atom stereocenters. The number of ether oxygens (including phenoxy) is 2. The van der Waals surface area contributed by atoms with Crippen LogP contribution in [-0.4, -0.2) is 50.4 Å². The Labute approximate surface area is 250 Å². The summed E-state index contributed by atoms with van der Waals surface area (Å²) in [5.74, 6) is 2.51. The second-order valence-corrected chi connectivity index (χ2v) is 10.8. The van der Waals surface area contributed by atoms with Crippen LogP contribution in [0.1, 0.15) is 61.0 Å². The van der Waals surface area contributed by atoms with Crippen LogP contribution >= 0.6 is 11.8 Å². The van der Waals surface area contributed by atoms with Crippen molar-refractivity contribution in [1.82, 2.24) is 25.6 Å². The van der Waals surface area contributed by atoms with Gasteiger partial charge in [0.1, 0.15) is 17.2 Å². The minimum Gasteiger partial charge on any atom is -0.497 e. The molecule has 0 radical (unpaired) electrons. The van der Waals surface area contributed by atoms with Crippen molar-refractivity contribution in [1.29, 1.82) is 0 Å². The molecule has 0 aliphatic rings. The van der Waals surface area contributed by atoms with Gasteiger partial charge in [-0.05, 0) is 72.0 Å². The van der Waals surface area contributed by atoms with E-state index in [-0.39, 0.29) is 0 Å². The SMILES string of the molecule is COc1ccc(CCCCCCCCOc2ccc(CSCc3cccc(-c4nn[nH]n4)c3)nc2C=CC(=O)O)cc1. The summed E-state index contributed by atoms with van der Waals surface area (Å²) >= 11 is 1.72. The normalized spacial score (nSPS) is 11.2. The topological polar surface area (TPSA) is 123 Å². The number of carbonyl (C=O) groups is 1. The van der Waals surface area contributed by atoms with E-state index in [9.17, 15) is 4.79 Å². The summed E-state index contributed by atoms with van der Waals surface area (Å²) in [6, 6.07) is 20.2. The zero-order chi connectivity index (χ0) is 29.4. The van der Waals surface area contributed by atoms with E-state index in [1.807, 2.05) is 42.5 Å². The fourth-order valence-corrected chi connectivity index (χ4v) is 5.33. The van der Waals surface area contributed by atoms with Gasteiger partial charge in [0.2, 0.25) is 5.82 Å². The van der Waals surface area contributed by atoms with E-state index in [2.05, 4.69) is 43.8 Å². The van der Waals surface area contributed by atoms with Gasteiger partial charge in [-0.25, -0.2) is 9.78 Å². The first-order chi connectivity index (χ1) is 20.6. The monoisotopic (exact) mass is 587 g/mol. The van der Waals surface area contributed by atoms with Crippen LogP contribution in [0.4, 0.5) is 0 Å². The molecule has 2 aromatic heterocycles. The smallest absolute Gasteiger partial charge is 0.328 e. The molecule has 42 heavy (non-hydrogen) atoms. The van der Waals surface area contributed by atoms with Gasteiger partial charge in [-0.3, -0.25) is 0 Å². The number of carboxylic acid groups (broad SMARTS) is 1. The maximum atomic E-state index is 11.1. The van der Waals surface area contributed by atoms with E-state index >= 15 is 0 Å². The summed E-state index contributed by atoms with van der Waals surface area (Å²) in [5.41, 5.74) is 4.80. The lowest BCUT2D eigenvalue weighted by molar-refractivity contribution is -0.131. The highest BCUT2D eigenvalue weighted by Gasteiger charge is 2.08. The Morgan fingerprint density at radius 3 is 2.52 bits per heavy atom. The summed E-state index contributed by atoms with van der Waals surface area (Å²) < 4.78 is 11.2. The lowest BCUT2D eigenvalue weighted by Crippen LogP contribution is -2.02. The molecule has 0 bridgehead atoms. The fourth-order valence-electron chi connectivity index (χ4n) is 4.45. The van der Waals surface area contributed by atoms with E-state index in [1.165, 1.54) is 37.3 Å². The van der Waals surface area contributed by atoms with Crippen molar-refractivity contribution in [2.75, 3.05) is 13.7 Å². The zero-order valence-electron chi connectivity index (χ0n) is 23.9. The van der Waals surface area contributed by atoms with Crippen molar-refractivity contribution in [3.8, 4) is 22.9 Å². The fraction of sp³-hybridized carbons (Fsp3) is 0.344. The Morgan fingerprint density at radius 1 is 0.952 bits per heavy atom. The molecule has 0 amide bonds. The minimum atomic E-state index is -1.02. The van der Waals surface area contributed by atoms with Crippen molar-refractivity contribution in [3.05, 3.63) is 89.3 Å². The van der Waals surface area contributed by atoms with Gasteiger partial charge in [-0.15, -0.1) is 10.2 Å². The van der Waals surface area contributed by atoms with Gasteiger partial charge in [0.05, 0.1) is 19.4 Å². The third-order valence-corrected chi connectivity index (χ3v) is 7.69. The third kappa shape index (κ3) is 10.3. The molecule has 0 saturated heterocycles. The standard InChI is InChI=1S/C32H37N5O4S/c1-40-28-15-12-24(13-16-28)9-6-4-2-3-5-7-20-41-30-18-14-27(33-29(30)17-19-31(38)39)23-42-22-25-10-8-11-26(21-25)32-34-36-37-35-32/h8,10-19,21H,2-7,9,20,22-23H2,1H3,(H,38,39)(H,34,35,36,37). The number of thioether (sulfide) groups is 1. The van der Waals surface area contributed by atoms with Gasteiger partial charge < -0.3 is 14.6 Å². The number of aliphatic carboxylic acids is 1. The number of nitrogens with zero attached hydrogens (tertiary/aromatic N) is 4. The molecular formula is C32H37N5O4S. The maximum Gasteiger partial charge on any atom is 0.328 e. The van der Waals surface area contributed by atoms with Crippen molar-refractivity contribution in [2.45, 2.75) is 56.5 Å². The number of unbranched alkanes of at least 4 members (excludes halogenated alkanes) is 5. The summed E-state index contributed by atoms with van der Waals surface area (Å²) in [4.78, 5) is 15.8. The van der Waals surface area contributed by atoms with Crippen molar-refractivity contribution in [2.24, 2.45) is 0 Å². The predicted octanol–water partition coefficient (Wildman–Crippen LogP) is 6.76. The number of pyridine rings is 1. The zero-order valence-corrected chi connectivity index (χ0v) is 24.7. The van der Waals surface area contributed by atoms with Crippen molar-refractivity contribution < 1.29 is 19.4 Å². The molecule has 0 saturated carbocycles. The molecule has 9 nitrogen and oxygen atoms in total. The first-order valence-electron chi connectivity index (χ1n) is 14.2. The van der Waals surface area contributed by atoms with Crippen LogP contribution in [0.15, 0.2) is 66.7 Å². The number of hydrogen-bond donors (Lipinski definition) is 2. The van der Waals surface area contributed by atoms with Gasteiger partial charge in [-0.2, -0.15) is 17.0 Å². The first kappa shape index (κ1) is 30.8. The number of H-pyrrole nitrogens is 1. The van der Waals surface area contributed by atoms with E-state index in [0.717, 1.165) is 53.7 Å². The maximum absolute atomic E-state index is 11.1. The minimum absolute atomic E-state index is 0.535. The molecule has 220 valence electrons. The van der Waals surface area contributed by atoms with Crippen molar-refractivity contribution in [3.63, 3.8) is 0 Å². The number of methoxy groups -OCH3 is 1. The first-order valence-corrected chi connectivity index (χ1v) is 15.3. The van der Waals surface area contributed by atoms with E-state index in [0.29, 0.717) is 29.6 Å². The third-order valence-electron chi connectivity index (χ3n) is 6.65. The molecule has 0 aliphatic carbocycles. The highest BCUT2D eigenvalue weighted by molar-refractivity contribution is 7.97. The van der Waals surface area contributed by atoms with Crippen LogP contribution in [0.5, 0.6) is 11.5 Å². The number of rotatable bonds is 18. The lowest BCUT2D eigenvalue weighted by atomic mass is 10.0. The van der Waals surface area contributed by atoms with E-state index in [4.69, 9.17) is 14.6 Å². The molecule has 0 spiro atoms. The number of aromatic nitrogens is 5. The number of hydrogen-bond acceptors (Lipinski definition) is 8.